The first kappa shape index (κ1) is 18.2. The molecular formula is C24H29N2+. The number of nitrogens with zero attached hydrogens (tertiary/aromatic N) is 2. The lowest BCUT2D eigenvalue weighted by Crippen LogP contribution is -2.27. The minimum Gasteiger partial charge on any atom is -0.378 e. The van der Waals surface area contributed by atoms with Crippen LogP contribution in [0, 0.1) is 0 Å². The van der Waals surface area contributed by atoms with E-state index in [0.29, 0.717) is 0 Å². The van der Waals surface area contributed by atoms with Crippen molar-refractivity contribution >= 4 is 23.2 Å². The van der Waals surface area contributed by atoms with Gasteiger partial charge >= 0.3 is 0 Å². The third kappa shape index (κ3) is 3.37. The summed E-state index contributed by atoms with van der Waals surface area (Å²) >= 11 is 0. The Morgan fingerprint density at radius 3 is 2.23 bits per heavy atom. The van der Waals surface area contributed by atoms with Crippen molar-refractivity contribution in [3.8, 4) is 0 Å². The Morgan fingerprint density at radius 1 is 0.923 bits per heavy atom. The highest BCUT2D eigenvalue weighted by atomic mass is 15.1. The molecule has 0 fully saturated rings. The fraction of sp³-hybridized carbons (Fsp3) is 0.292. The van der Waals surface area contributed by atoms with Crippen LogP contribution in [0.5, 0.6) is 0 Å². The molecule has 0 saturated heterocycles. The van der Waals surface area contributed by atoms with Gasteiger partial charge in [0.1, 0.15) is 6.54 Å². The SMILES string of the molecule is CC[N+]1=C(C=CC=Cc2ccc(N(C)C)cc2)C(C)(C)c2ccccc21. The maximum Gasteiger partial charge on any atom is 0.209 e. The number of fused-ring (bicyclic) bond motifs is 1. The molecule has 1 aliphatic rings. The first-order valence-corrected chi connectivity index (χ1v) is 9.31. The largest absolute Gasteiger partial charge is 0.378 e. The van der Waals surface area contributed by atoms with Gasteiger partial charge in [0.2, 0.25) is 5.69 Å². The third-order valence-electron chi connectivity index (χ3n) is 5.18. The topological polar surface area (TPSA) is 6.25 Å². The summed E-state index contributed by atoms with van der Waals surface area (Å²) in [5.41, 5.74) is 6.56. The molecular weight excluding hydrogens is 316 g/mol. The molecule has 1 heterocycles. The first-order chi connectivity index (χ1) is 12.4. The highest BCUT2D eigenvalue weighted by Gasteiger charge is 2.43. The van der Waals surface area contributed by atoms with Gasteiger partial charge in [-0.25, -0.2) is 0 Å². The van der Waals surface area contributed by atoms with E-state index in [4.69, 9.17) is 0 Å². The minimum atomic E-state index is 0.0320. The van der Waals surface area contributed by atoms with Gasteiger partial charge in [-0.2, -0.15) is 4.58 Å². The van der Waals surface area contributed by atoms with Crippen molar-refractivity contribution in [3.63, 3.8) is 0 Å². The summed E-state index contributed by atoms with van der Waals surface area (Å²) < 4.78 is 2.42. The van der Waals surface area contributed by atoms with Crippen LogP contribution in [0.15, 0.2) is 66.8 Å². The van der Waals surface area contributed by atoms with Crippen molar-refractivity contribution in [1.82, 2.24) is 0 Å². The summed E-state index contributed by atoms with van der Waals surface area (Å²) in [5.74, 6) is 0. The van der Waals surface area contributed by atoms with Crippen LogP contribution in [-0.4, -0.2) is 30.9 Å². The predicted molar refractivity (Wildman–Crippen MR) is 114 cm³/mol. The summed E-state index contributed by atoms with van der Waals surface area (Å²) in [6, 6.07) is 17.3. The Balaban J connectivity index is 1.81. The number of allylic oxidation sites excluding steroid dienone is 3. The standard InChI is InChI=1S/C24H29N2/c1-6-26-22-13-9-8-12-21(22)24(2,3)23(26)14-10-7-11-19-15-17-20(18-16-19)25(4)5/h7-18H,6H2,1-5H3/q+1. The Labute approximate surface area is 157 Å². The summed E-state index contributed by atoms with van der Waals surface area (Å²) in [7, 11) is 4.12. The maximum absolute atomic E-state index is 2.42. The monoisotopic (exact) mass is 345 g/mol. The van der Waals surface area contributed by atoms with Gasteiger partial charge in [0, 0.05) is 37.5 Å². The Kier molecular flexibility index (Phi) is 5.13. The van der Waals surface area contributed by atoms with Crippen molar-refractivity contribution < 1.29 is 4.58 Å². The molecule has 0 atom stereocenters. The molecule has 3 rings (SSSR count). The maximum atomic E-state index is 2.42. The smallest absolute Gasteiger partial charge is 0.209 e. The van der Waals surface area contributed by atoms with Crippen LogP contribution in [0.4, 0.5) is 11.4 Å². The van der Waals surface area contributed by atoms with E-state index in [2.05, 4.69) is 117 Å². The van der Waals surface area contributed by atoms with Crippen LogP contribution >= 0.6 is 0 Å². The lowest BCUT2D eigenvalue weighted by atomic mass is 9.81. The van der Waals surface area contributed by atoms with Crippen molar-refractivity contribution in [2.45, 2.75) is 26.2 Å². The molecule has 0 spiro atoms. The molecule has 1 aliphatic heterocycles. The van der Waals surface area contributed by atoms with Gasteiger partial charge in [-0.05, 0) is 38.5 Å². The quantitative estimate of drug-likeness (QED) is 0.518. The zero-order valence-corrected chi connectivity index (χ0v) is 16.5. The molecule has 0 saturated carbocycles. The van der Waals surface area contributed by atoms with Crippen LogP contribution in [0.25, 0.3) is 6.08 Å². The second-order valence-electron chi connectivity index (χ2n) is 7.48. The molecule has 2 heteroatoms. The Bertz CT molecular complexity index is 865. The zero-order chi connectivity index (χ0) is 18.7. The van der Waals surface area contributed by atoms with Gasteiger partial charge in [0.05, 0.1) is 5.41 Å². The van der Waals surface area contributed by atoms with E-state index < -0.39 is 0 Å². The van der Waals surface area contributed by atoms with Gasteiger partial charge in [-0.15, -0.1) is 0 Å². The second-order valence-corrected chi connectivity index (χ2v) is 7.48. The molecule has 0 aromatic heterocycles. The molecule has 26 heavy (non-hydrogen) atoms. The molecule has 0 amide bonds. The average Bonchev–Trinajstić information content (AvgIpc) is 2.86. The summed E-state index contributed by atoms with van der Waals surface area (Å²) in [5, 5.41) is 0. The molecule has 2 nitrogen and oxygen atoms in total. The minimum absolute atomic E-state index is 0.0320. The average molecular weight is 346 g/mol. The number of benzene rings is 2. The highest BCUT2D eigenvalue weighted by Crippen LogP contribution is 2.39. The molecule has 2 aromatic carbocycles. The molecule has 0 aliphatic carbocycles. The van der Waals surface area contributed by atoms with E-state index in [1.807, 2.05) is 0 Å². The molecule has 0 radical (unpaired) electrons. The lowest BCUT2D eigenvalue weighted by Gasteiger charge is -2.15. The van der Waals surface area contributed by atoms with Gasteiger partial charge in [0.15, 0.2) is 5.71 Å². The second kappa shape index (κ2) is 7.33. The van der Waals surface area contributed by atoms with E-state index >= 15 is 0 Å². The number of para-hydroxylation sites is 1. The van der Waals surface area contributed by atoms with Crippen LogP contribution in [-0.2, 0) is 5.41 Å². The zero-order valence-electron chi connectivity index (χ0n) is 16.5. The normalized spacial score (nSPS) is 15.9. The van der Waals surface area contributed by atoms with Gasteiger partial charge in [0.25, 0.3) is 0 Å². The van der Waals surface area contributed by atoms with Crippen molar-refractivity contribution in [3.05, 3.63) is 77.9 Å². The number of rotatable bonds is 5. The number of hydrogen-bond acceptors (Lipinski definition) is 1. The Morgan fingerprint density at radius 2 is 1.58 bits per heavy atom. The summed E-state index contributed by atoms with van der Waals surface area (Å²) in [4.78, 5) is 2.11. The Hall–Kier alpha value is -2.61. The third-order valence-corrected chi connectivity index (χ3v) is 5.18. The molecule has 134 valence electrons. The van der Waals surface area contributed by atoms with E-state index in [-0.39, 0.29) is 5.41 Å². The molecule has 0 bridgehead atoms. The van der Waals surface area contributed by atoms with Crippen LogP contribution in [0.2, 0.25) is 0 Å². The molecule has 0 N–H and O–H groups in total. The van der Waals surface area contributed by atoms with Crippen molar-refractivity contribution in [1.29, 1.82) is 0 Å². The van der Waals surface area contributed by atoms with Crippen LogP contribution in [0.3, 0.4) is 0 Å². The number of hydrogen-bond donors (Lipinski definition) is 0. The summed E-state index contributed by atoms with van der Waals surface area (Å²) in [6.07, 6.45) is 8.70. The fourth-order valence-electron chi connectivity index (χ4n) is 3.68. The van der Waals surface area contributed by atoms with Gasteiger partial charge in [-0.1, -0.05) is 48.6 Å². The fourth-order valence-corrected chi connectivity index (χ4v) is 3.68. The van der Waals surface area contributed by atoms with E-state index in [1.54, 1.807) is 0 Å². The van der Waals surface area contributed by atoms with Crippen LogP contribution in [0.1, 0.15) is 31.9 Å². The first-order valence-electron chi connectivity index (χ1n) is 9.31. The molecule has 0 unspecified atom stereocenters. The number of anilines is 1. The van der Waals surface area contributed by atoms with Gasteiger partial charge in [-0.3, -0.25) is 0 Å². The lowest BCUT2D eigenvalue weighted by molar-refractivity contribution is -0.433. The van der Waals surface area contributed by atoms with Crippen molar-refractivity contribution in [2.75, 3.05) is 25.5 Å². The highest BCUT2D eigenvalue weighted by molar-refractivity contribution is 6.03. The molecule has 2 aromatic rings. The van der Waals surface area contributed by atoms with E-state index in [0.717, 1.165) is 6.54 Å². The van der Waals surface area contributed by atoms with Crippen LogP contribution < -0.4 is 4.90 Å². The summed E-state index contributed by atoms with van der Waals surface area (Å²) in [6.45, 7) is 7.82. The predicted octanol–water partition coefficient (Wildman–Crippen LogP) is 5.42. The van der Waals surface area contributed by atoms with E-state index in [9.17, 15) is 0 Å². The van der Waals surface area contributed by atoms with Crippen molar-refractivity contribution in [2.24, 2.45) is 0 Å². The van der Waals surface area contributed by atoms with Gasteiger partial charge < -0.3 is 4.90 Å². The van der Waals surface area contributed by atoms with E-state index in [1.165, 1.54) is 28.2 Å².